The summed E-state index contributed by atoms with van der Waals surface area (Å²) in [6, 6.07) is 8.25. The highest BCUT2D eigenvalue weighted by molar-refractivity contribution is 14.0. The number of hydrogen-bond donors (Lipinski definition) is 2. The molecule has 1 saturated heterocycles. The summed E-state index contributed by atoms with van der Waals surface area (Å²) in [5, 5.41) is 6.83. The van der Waals surface area contributed by atoms with Crippen molar-refractivity contribution in [1.29, 1.82) is 0 Å². The molecule has 2 rings (SSSR count). The number of ether oxygens (including phenoxy) is 1. The second-order valence-electron chi connectivity index (χ2n) is 7.76. The Balaban J connectivity index is 0.00000420. The van der Waals surface area contributed by atoms with Gasteiger partial charge in [-0.25, -0.2) is 0 Å². The highest BCUT2D eigenvalue weighted by Crippen LogP contribution is 2.13. The van der Waals surface area contributed by atoms with E-state index in [1.54, 1.807) is 0 Å². The van der Waals surface area contributed by atoms with Gasteiger partial charge in [0, 0.05) is 26.7 Å². The minimum Gasteiger partial charge on any atom is -0.492 e. The smallest absolute Gasteiger partial charge is 0.191 e. The topological polar surface area (TPSA) is 52.1 Å². The molecule has 1 fully saturated rings. The molecule has 0 radical (unpaired) electrons. The highest BCUT2D eigenvalue weighted by Gasteiger charge is 2.08. The van der Waals surface area contributed by atoms with Gasteiger partial charge < -0.3 is 25.2 Å². The number of nitrogens with zero attached hydrogens (tertiary/aromatic N) is 3. The quantitative estimate of drug-likeness (QED) is 0.216. The van der Waals surface area contributed by atoms with Crippen LogP contribution in [0.2, 0.25) is 0 Å². The van der Waals surface area contributed by atoms with Crippen LogP contribution in [-0.4, -0.2) is 76.2 Å². The number of halogens is 1. The van der Waals surface area contributed by atoms with Gasteiger partial charge >= 0.3 is 0 Å². The third-order valence-electron chi connectivity index (χ3n) is 5.03. The molecule has 1 aromatic carbocycles. The zero-order chi connectivity index (χ0) is 20.0. The van der Waals surface area contributed by atoms with Gasteiger partial charge in [-0.15, -0.1) is 24.0 Å². The molecule has 29 heavy (non-hydrogen) atoms. The number of hydrogen-bond acceptors (Lipinski definition) is 4. The van der Waals surface area contributed by atoms with Crippen molar-refractivity contribution in [3.05, 3.63) is 29.8 Å². The van der Waals surface area contributed by atoms with E-state index in [1.165, 1.54) is 50.9 Å². The lowest BCUT2D eigenvalue weighted by atomic mass is 10.2. The molecule has 0 saturated carbocycles. The Labute approximate surface area is 194 Å². The lowest BCUT2D eigenvalue weighted by Gasteiger charge is -2.20. The van der Waals surface area contributed by atoms with Gasteiger partial charge in [0.1, 0.15) is 12.4 Å². The molecule has 0 amide bonds. The van der Waals surface area contributed by atoms with E-state index in [2.05, 4.69) is 51.7 Å². The molecule has 7 heteroatoms. The lowest BCUT2D eigenvalue weighted by molar-refractivity contribution is 0.261. The summed E-state index contributed by atoms with van der Waals surface area (Å²) in [5.41, 5.74) is 1.19. The number of benzene rings is 1. The van der Waals surface area contributed by atoms with Crippen LogP contribution < -0.4 is 15.4 Å². The Hall–Kier alpha value is -1.06. The average molecular weight is 518 g/mol. The van der Waals surface area contributed by atoms with Crippen LogP contribution in [0.25, 0.3) is 0 Å². The van der Waals surface area contributed by atoms with Crippen LogP contribution in [0, 0.1) is 0 Å². The zero-order valence-corrected chi connectivity index (χ0v) is 20.8. The minimum absolute atomic E-state index is 0. The second-order valence-corrected chi connectivity index (χ2v) is 7.76. The van der Waals surface area contributed by atoms with Crippen LogP contribution in [0.5, 0.6) is 5.75 Å². The predicted molar refractivity (Wildman–Crippen MR) is 134 cm³/mol. The maximum atomic E-state index is 5.82. The number of rotatable bonds is 10. The highest BCUT2D eigenvalue weighted by atomic mass is 127. The number of likely N-dealkylation sites (tertiary alicyclic amines) is 1. The Morgan fingerprint density at radius 3 is 2.59 bits per heavy atom. The molecule has 1 aromatic rings. The molecular weight excluding hydrogens is 477 g/mol. The van der Waals surface area contributed by atoms with Gasteiger partial charge in [-0.3, -0.25) is 4.99 Å². The van der Waals surface area contributed by atoms with E-state index in [-0.39, 0.29) is 24.0 Å². The summed E-state index contributed by atoms with van der Waals surface area (Å²) in [7, 11) is 5.93. The molecule has 1 aliphatic heterocycles. The third kappa shape index (κ3) is 11.6. The SMILES string of the molecule is CN=C(NCCCN1CCCCCC1)NCc1cccc(OCCN(C)C)c1.I. The van der Waals surface area contributed by atoms with Gasteiger partial charge in [-0.1, -0.05) is 25.0 Å². The average Bonchev–Trinajstić information content (AvgIpc) is 2.96. The molecule has 0 atom stereocenters. The summed E-state index contributed by atoms with van der Waals surface area (Å²) >= 11 is 0. The number of nitrogens with one attached hydrogen (secondary N) is 2. The molecule has 1 heterocycles. The van der Waals surface area contributed by atoms with Crippen LogP contribution in [0.15, 0.2) is 29.3 Å². The molecule has 0 spiro atoms. The van der Waals surface area contributed by atoms with Crippen molar-refractivity contribution >= 4 is 29.9 Å². The van der Waals surface area contributed by atoms with E-state index in [0.29, 0.717) is 6.61 Å². The first-order valence-corrected chi connectivity index (χ1v) is 10.7. The van der Waals surface area contributed by atoms with Crippen LogP contribution in [0.4, 0.5) is 0 Å². The molecule has 0 aromatic heterocycles. The molecule has 6 nitrogen and oxygen atoms in total. The Morgan fingerprint density at radius 1 is 1.14 bits per heavy atom. The Bertz CT molecular complexity index is 574. The van der Waals surface area contributed by atoms with Crippen LogP contribution >= 0.6 is 24.0 Å². The summed E-state index contributed by atoms with van der Waals surface area (Å²) in [6.45, 7) is 7.00. The first kappa shape index (κ1) is 26.0. The minimum atomic E-state index is 0. The molecular formula is C22H40IN5O. The first-order valence-electron chi connectivity index (χ1n) is 10.7. The number of guanidine groups is 1. The summed E-state index contributed by atoms with van der Waals surface area (Å²) in [5.74, 6) is 1.77. The van der Waals surface area contributed by atoms with Gasteiger partial charge in [0.05, 0.1) is 0 Å². The maximum Gasteiger partial charge on any atom is 0.191 e. The van der Waals surface area contributed by atoms with Gasteiger partial charge in [0.2, 0.25) is 0 Å². The van der Waals surface area contributed by atoms with Crippen molar-refractivity contribution in [2.24, 2.45) is 4.99 Å². The standard InChI is InChI=1S/C22H39N5O.HI/c1-23-22(24-12-9-15-27-13-6-4-5-7-14-27)25-19-20-10-8-11-21(18-20)28-17-16-26(2)3;/h8,10-11,18H,4-7,9,12-17,19H2,1-3H3,(H2,23,24,25);1H. The normalized spacial score (nSPS) is 15.5. The van der Waals surface area contributed by atoms with Crippen molar-refractivity contribution in [2.75, 3.05) is 60.5 Å². The van der Waals surface area contributed by atoms with E-state index < -0.39 is 0 Å². The second kappa shape index (κ2) is 15.7. The van der Waals surface area contributed by atoms with E-state index >= 15 is 0 Å². The van der Waals surface area contributed by atoms with Crippen molar-refractivity contribution < 1.29 is 4.74 Å². The fourth-order valence-electron chi connectivity index (χ4n) is 3.37. The molecule has 2 N–H and O–H groups in total. The monoisotopic (exact) mass is 517 g/mol. The Kier molecular flexibility index (Phi) is 14.1. The molecule has 1 aliphatic rings. The zero-order valence-electron chi connectivity index (χ0n) is 18.5. The van der Waals surface area contributed by atoms with Crippen LogP contribution in [0.1, 0.15) is 37.7 Å². The van der Waals surface area contributed by atoms with E-state index in [4.69, 9.17) is 4.74 Å². The number of likely N-dealkylation sites (N-methyl/N-ethyl adjacent to an activating group) is 1. The fourth-order valence-corrected chi connectivity index (χ4v) is 3.37. The van der Waals surface area contributed by atoms with E-state index in [0.717, 1.165) is 37.8 Å². The summed E-state index contributed by atoms with van der Waals surface area (Å²) < 4.78 is 5.82. The summed E-state index contributed by atoms with van der Waals surface area (Å²) in [4.78, 5) is 9.06. The van der Waals surface area contributed by atoms with Crippen molar-refractivity contribution in [3.8, 4) is 5.75 Å². The molecule has 0 bridgehead atoms. The van der Waals surface area contributed by atoms with Gasteiger partial charge in [0.25, 0.3) is 0 Å². The van der Waals surface area contributed by atoms with Gasteiger partial charge in [-0.05, 0) is 70.7 Å². The van der Waals surface area contributed by atoms with Crippen molar-refractivity contribution in [3.63, 3.8) is 0 Å². The maximum absolute atomic E-state index is 5.82. The van der Waals surface area contributed by atoms with Crippen LogP contribution in [-0.2, 0) is 6.54 Å². The van der Waals surface area contributed by atoms with Crippen molar-refractivity contribution in [1.82, 2.24) is 20.4 Å². The van der Waals surface area contributed by atoms with Crippen LogP contribution in [0.3, 0.4) is 0 Å². The van der Waals surface area contributed by atoms with Crippen molar-refractivity contribution in [2.45, 2.75) is 38.6 Å². The molecule has 0 aliphatic carbocycles. The first-order chi connectivity index (χ1) is 13.7. The van der Waals surface area contributed by atoms with E-state index in [1.807, 2.05) is 19.2 Å². The third-order valence-corrected chi connectivity index (χ3v) is 5.03. The Morgan fingerprint density at radius 2 is 1.90 bits per heavy atom. The largest absolute Gasteiger partial charge is 0.492 e. The van der Waals surface area contributed by atoms with Gasteiger partial charge in [0.15, 0.2) is 5.96 Å². The molecule has 0 unspecified atom stereocenters. The summed E-state index contributed by atoms with van der Waals surface area (Å²) in [6.07, 6.45) is 6.65. The van der Waals surface area contributed by atoms with Gasteiger partial charge in [-0.2, -0.15) is 0 Å². The lowest BCUT2D eigenvalue weighted by Crippen LogP contribution is -2.38. The number of aliphatic imine (C=N–C) groups is 1. The van der Waals surface area contributed by atoms with E-state index in [9.17, 15) is 0 Å². The fraction of sp³-hybridized carbons (Fsp3) is 0.682. The molecule has 166 valence electrons. The predicted octanol–water partition coefficient (Wildman–Crippen LogP) is 3.18.